The van der Waals surface area contributed by atoms with Gasteiger partial charge in [-0.1, -0.05) is 42.5 Å². The van der Waals surface area contributed by atoms with Gasteiger partial charge in [0.2, 0.25) is 5.56 Å². The number of ether oxygens (including phenoxy) is 1. The lowest BCUT2D eigenvalue weighted by atomic mass is 9.97. The minimum atomic E-state index is -0.386. The molecule has 3 N–H and O–H groups in total. The highest BCUT2D eigenvalue weighted by Crippen LogP contribution is 2.36. The second-order valence-corrected chi connectivity index (χ2v) is 9.02. The molecule has 4 aromatic rings. The van der Waals surface area contributed by atoms with Gasteiger partial charge < -0.3 is 29.7 Å². The first-order valence-electron chi connectivity index (χ1n) is 12.0. The summed E-state index contributed by atoms with van der Waals surface area (Å²) in [6.07, 6.45) is 2.36. The van der Waals surface area contributed by atoms with Gasteiger partial charge >= 0.3 is 0 Å². The van der Waals surface area contributed by atoms with Gasteiger partial charge in [0.25, 0.3) is 5.91 Å². The number of amides is 1. The van der Waals surface area contributed by atoms with Crippen LogP contribution >= 0.6 is 0 Å². The smallest absolute Gasteiger partial charge is 0.261 e. The Bertz CT molecular complexity index is 1510. The van der Waals surface area contributed by atoms with Gasteiger partial charge in [0, 0.05) is 50.2 Å². The topological polar surface area (TPSA) is 104 Å². The number of hydrogen-bond acceptors (Lipinski definition) is 6. The Balaban J connectivity index is 1.41. The number of benzene rings is 3. The molecule has 0 bridgehead atoms. The molecule has 0 radical (unpaired) electrons. The molecule has 37 heavy (non-hydrogen) atoms. The summed E-state index contributed by atoms with van der Waals surface area (Å²) >= 11 is 0. The van der Waals surface area contributed by atoms with E-state index in [0.717, 1.165) is 34.1 Å². The number of aryl methyl sites for hydroxylation is 1. The fourth-order valence-corrected chi connectivity index (χ4v) is 4.50. The Morgan fingerprint density at radius 1 is 1.03 bits per heavy atom. The van der Waals surface area contributed by atoms with E-state index in [4.69, 9.17) is 4.74 Å². The fraction of sp³-hybridized carbons (Fsp3) is 0.172. The molecule has 5 rings (SSSR count). The maximum absolute atomic E-state index is 13.7. The zero-order valence-electron chi connectivity index (χ0n) is 20.3. The van der Waals surface area contributed by atoms with E-state index in [2.05, 4.69) is 5.32 Å². The summed E-state index contributed by atoms with van der Waals surface area (Å²) in [7, 11) is 1.69. The van der Waals surface area contributed by atoms with Crippen LogP contribution in [0.4, 0.5) is 11.4 Å². The summed E-state index contributed by atoms with van der Waals surface area (Å²) < 4.78 is 7.38. The molecule has 1 aliphatic heterocycles. The van der Waals surface area contributed by atoms with Crippen LogP contribution in [0.2, 0.25) is 0 Å². The molecule has 0 aliphatic carbocycles. The number of fused-ring (bicyclic) bond motifs is 1. The monoisotopic (exact) mass is 497 g/mol. The summed E-state index contributed by atoms with van der Waals surface area (Å²) in [6.45, 7) is 0.968. The Labute approximate surface area is 214 Å². The lowest BCUT2D eigenvalue weighted by molar-refractivity contribution is 0.0727. The molecule has 188 valence electrons. The van der Waals surface area contributed by atoms with E-state index in [-0.39, 0.29) is 40.9 Å². The average Bonchev–Trinajstić information content (AvgIpc) is 2.89. The minimum absolute atomic E-state index is 0.0145. The van der Waals surface area contributed by atoms with Gasteiger partial charge in [0.05, 0.1) is 5.69 Å². The molecular weight excluding hydrogens is 470 g/mol. The van der Waals surface area contributed by atoms with Gasteiger partial charge in [0.1, 0.15) is 29.4 Å². The lowest BCUT2D eigenvalue weighted by Gasteiger charge is -2.31. The largest absolute Gasteiger partial charge is 0.508 e. The number of pyridine rings is 1. The van der Waals surface area contributed by atoms with Crippen molar-refractivity contribution in [3.63, 3.8) is 0 Å². The van der Waals surface area contributed by atoms with E-state index in [9.17, 15) is 19.8 Å². The van der Waals surface area contributed by atoms with Crippen LogP contribution in [0.25, 0.3) is 0 Å². The van der Waals surface area contributed by atoms with Crippen LogP contribution in [0.15, 0.2) is 83.8 Å². The SMILES string of the molecule is Cn1cc(Nc2cccc3c2CN(C(=O)c2c(O)cc(O)cc2OCc2ccccc2)CC3)ccc1=O. The Morgan fingerprint density at radius 2 is 1.84 bits per heavy atom. The van der Waals surface area contributed by atoms with Crippen molar-refractivity contribution in [2.45, 2.75) is 19.6 Å². The molecule has 0 unspecified atom stereocenters. The predicted octanol–water partition coefficient (Wildman–Crippen LogP) is 4.32. The first-order chi connectivity index (χ1) is 17.9. The average molecular weight is 498 g/mol. The molecule has 0 saturated carbocycles. The summed E-state index contributed by atoms with van der Waals surface area (Å²) in [4.78, 5) is 27.1. The third-order valence-electron chi connectivity index (χ3n) is 6.44. The molecule has 8 heteroatoms. The molecule has 8 nitrogen and oxygen atoms in total. The van der Waals surface area contributed by atoms with Gasteiger partial charge in [0.15, 0.2) is 0 Å². The maximum atomic E-state index is 13.7. The van der Waals surface area contributed by atoms with E-state index in [1.807, 2.05) is 48.5 Å². The maximum Gasteiger partial charge on any atom is 0.261 e. The van der Waals surface area contributed by atoms with Crippen molar-refractivity contribution in [3.05, 3.63) is 112 Å². The van der Waals surface area contributed by atoms with Crippen LogP contribution in [0.3, 0.4) is 0 Å². The van der Waals surface area contributed by atoms with Crippen molar-refractivity contribution in [1.29, 1.82) is 0 Å². The van der Waals surface area contributed by atoms with Crippen LogP contribution < -0.4 is 15.6 Å². The van der Waals surface area contributed by atoms with E-state index >= 15 is 0 Å². The zero-order valence-corrected chi connectivity index (χ0v) is 20.3. The van der Waals surface area contributed by atoms with E-state index in [1.54, 1.807) is 24.2 Å². The molecule has 0 fully saturated rings. The zero-order chi connectivity index (χ0) is 25.9. The lowest BCUT2D eigenvalue weighted by Crippen LogP contribution is -2.36. The van der Waals surface area contributed by atoms with Crippen LogP contribution in [-0.2, 0) is 26.6 Å². The number of carbonyl (C=O) groups excluding carboxylic acids is 1. The molecule has 1 amide bonds. The van der Waals surface area contributed by atoms with Gasteiger partial charge in [-0.05, 0) is 35.2 Å². The van der Waals surface area contributed by atoms with Gasteiger partial charge in [-0.3, -0.25) is 9.59 Å². The number of nitrogens with one attached hydrogen (secondary N) is 1. The first kappa shape index (κ1) is 24.0. The van der Waals surface area contributed by atoms with Crippen molar-refractivity contribution in [3.8, 4) is 17.2 Å². The number of hydrogen-bond donors (Lipinski definition) is 3. The van der Waals surface area contributed by atoms with Gasteiger partial charge in [-0.2, -0.15) is 0 Å². The number of rotatable bonds is 6. The standard InChI is InChI=1S/C29H27N3O5/c1-31-16-21(10-11-27(31)35)30-24-9-5-8-20-12-13-32(17-23(20)24)29(36)28-25(34)14-22(33)15-26(28)37-18-19-6-3-2-4-7-19/h2-11,14-16,30,33-34H,12-13,17-18H2,1H3. The molecule has 3 aromatic carbocycles. The van der Waals surface area contributed by atoms with E-state index in [0.29, 0.717) is 19.5 Å². The normalized spacial score (nSPS) is 12.6. The quantitative estimate of drug-likeness (QED) is 0.367. The molecule has 0 saturated heterocycles. The fourth-order valence-electron chi connectivity index (χ4n) is 4.50. The second kappa shape index (κ2) is 10.1. The van der Waals surface area contributed by atoms with E-state index < -0.39 is 0 Å². The Hall–Kier alpha value is -4.72. The number of phenols is 2. The summed E-state index contributed by atoms with van der Waals surface area (Å²) in [5, 5.41) is 24.1. The summed E-state index contributed by atoms with van der Waals surface area (Å²) in [5.74, 6) is -0.794. The highest BCUT2D eigenvalue weighted by molar-refractivity contribution is 6.00. The van der Waals surface area contributed by atoms with Crippen LogP contribution in [0.1, 0.15) is 27.0 Å². The van der Waals surface area contributed by atoms with E-state index in [1.165, 1.54) is 16.7 Å². The molecule has 1 aromatic heterocycles. The third kappa shape index (κ3) is 5.13. The van der Waals surface area contributed by atoms with Crippen LogP contribution in [0.5, 0.6) is 17.2 Å². The highest BCUT2D eigenvalue weighted by atomic mass is 16.5. The van der Waals surface area contributed by atoms with Crippen molar-refractivity contribution < 1.29 is 19.7 Å². The van der Waals surface area contributed by atoms with Crippen molar-refractivity contribution in [1.82, 2.24) is 9.47 Å². The number of phenolic OH excluding ortho intramolecular Hbond substituents is 2. The first-order valence-corrected chi connectivity index (χ1v) is 12.0. The molecule has 0 atom stereocenters. The molecule has 2 heterocycles. The van der Waals surface area contributed by atoms with Crippen LogP contribution in [0, 0.1) is 0 Å². The van der Waals surface area contributed by atoms with Gasteiger partial charge in [-0.25, -0.2) is 0 Å². The number of aromatic nitrogens is 1. The Morgan fingerprint density at radius 3 is 2.62 bits per heavy atom. The van der Waals surface area contributed by atoms with Crippen molar-refractivity contribution in [2.24, 2.45) is 7.05 Å². The van der Waals surface area contributed by atoms with Crippen molar-refractivity contribution in [2.75, 3.05) is 11.9 Å². The summed E-state index contributed by atoms with van der Waals surface area (Å²) in [5.41, 5.74) is 4.48. The second-order valence-electron chi connectivity index (χ2n) is 9.02. The van der Waals surface area contributed by atoms with Gasteiger partial charge in [-0.15, -0.1) is 0 Å². The number of nitrogens with zero attached hydrogens (tertiary/aromatic N) is 2. The molecule has 0 spiro atoms. The minimum Gasteiger partial charge on any atom is -0.508 e. The molecular formula is C29H27N3O5. The van der Waals surface area contributed by atoms with Crippen LogP contribution in [-0.4, -0.2) is 32.1 Å². The molecule has 1 aliphatic rings. The predicted molar refractivity (Wildman–Crippen MR) is 140 cm³/mol. The van der Waals surface area contributed by atoms with Crippen molar-refractivity contribution >= 4 is 17.3 Å². The third-order valence-corrected chi connectivity index (χ3v) is 6.44. The summed E-state index contributed by atoms with van der Waals surface area (Å²) in [6, 6.07) is 21.1. The number of aromatic hydroxyl groups is 2. The number of carbonyl (C=O) groups is 1. The highest BCUT2D eigenvalue weighted by Gasteiger charge is 2.28. The Kier molecular flexibility index (Phi) is 6.55. The number of anilines is 2.